The lowest BCUT2D eigenvalue weighted by Crippen LogP contribution is -2.28. The highest BCUT2D eigenvalue weighted by Gasteiger charge is 2.29. The number of pyridine rings is 2. The molecule has 2 aromatic heterocycles. The molecule has 0 saturated carbocycles. The van der Waals surface area contributed by atoms with Crippen molar-refractivity contribution < 1.29 is 23.1 Å². The van der Waals surface area contributed by atoms with Gasteiger partial charge in [0.2, 0.25) is 5.43 Å². The van der Waals surface area contributed by atoms with Crippen LogP contribution in [-0.2, 0) is 0 Å². The summed E-state index contributed by atoms with van der Waals surface area (Å²) in [6, 6.07) is 2.81. The topological polar surface area (TPSA) is 101 Å². The van der Waals surface area contributed by atoms with Gasteiger partial charge in [0.05, 0.1) is 17.1 Å². The highest BCUT2D eigenvalue weighted by Crippen LogP contribution is 2.32. The lowest BCUT2D eigenvalue weighted by Gasteiger charge is -2.22. The van der Waals surface area contributed by atoms with Crippen LogP contribution in [0.1, 0.15) is 16.8 Å². The van der Waals surface area contributed by atoms with Gasteiger partial charge in [-0.25, -0.2) is 22.9 Å². The van der Waals surface area contributed by atoms with Crippen LogP contribution >= 0.6 is 12.4 Å². The average Bonchev–Trinajstić information content (AvgIpc) is 3.09. The van der Waals surface area contributed by atoms with Gasteiger partial charge in [0.1, 0.15) is 28.7 Å². The van der Waals surface area contributed by atoms with Crippen molar-refractivity contribution in [1.29, 1.82) is 0 Å². The zero-order chi connectivity index (χ0) is 20.9. The number of fused-ring (bicyclic) bond motifs is 1. The quantitative estimate of drug-likeness (QED) is 0.648. The van der Waals surface area contributed by atoms with E-state index in [2.05, 4.69) is 4.98 Å². The van der Waals surface area contributed by atoms with Crippen molar-refractivity contribution in [3.8, 4) is 5.82 Å². The molecule has 1 aliphatic heterocycles. The maximum atomic E-state index is 15.5. The van der Waals surface area contributed by atoms with Crippen LogP contribution < -0.4 is 16.1 Å². The molecule has 4 rings (SSSR count). The molecule has 1 fully saturated rings. The van der Waals surface area contributed by atoms with Crippen LogP contribution in [-0.4, -0.2) is 39.8 Å². The number of nitrogens with zero attached hydrogens (tertiary/aromatic N) is 3. The second-order valence-corrected chi connectivity index (χ2v) is 6.79. The molecule has 158 valence electrons. The Hall–Kier alpha value is -3.11. The summed E-state index contributed by atoms with van der Waals surface area (Å²) in [5, 5.41) is 8.87. The Morgan fingerprint density at radius 3 is 2.57 bits per heavy atom. The molecular formula is C19H16ClF3N4O3. The molecule has 1 unspecified atom stereocenters. The Morgan fingerprint density at radius 2 is 2.00 bits per heavy atom. The minimum atomic E-state index is -1.57. The molecule has 0 amide bonds. The minimum absolute atomic E-state index is 0. The number of aromatic nitrogens is 2. The third-order valence-corrected chi connectivity index (χ3v) is 4.89. The summed E-state index contributed by atoms with van der Waals surface area (Å²) in [4.78, 5) is 29.3. The number of carboxylic acid groups (broad SMARTS) is 1. The molecule has 1 aromatic carbocycles. The molecule has 7 nitrogen and oxygen atoms in total. The minimum Gasteiger partial charge on any atom is -0.477 e. The molecule has 0 spiro atoms. The highest BCUT2D eigenvalue weighted by molar-refractivity contribution is 5.94. The van der Waals surface area contributed by atoms with Crippen molar-refractivity contribution >= 4 is 35.0 Å². The molecular weight excluding hydrogens is 425 g/mol. The van der Waals surface area contributed by atoms with Crippen molar-refractivity contribution in [2.45, 2.75) is 12.5 Å². The fraction of sp³-hybridized carbons (Fsp3) is 0.211. The Balaban J connectivity index is 0.00000256. The van der Waals surface area contributed by atoms with Crippen LogP contribution in [0.2, 0.25) is 0 Å². The first-order chi connectivity index (χ1) is 13.8. The number of aromatic carboxylic acids is 1. The number of anilines is 1. The maximum Gasteiger partial charge on any atom is 0.341 e. The number of carbonyl (C=O) groups is 1. The fourth-order valence-corrected chi connectivity index (χ4v) is 3.53. The number of rotatable bonds is 3. The second kappa shape index (κ2) is 7.96. The van der Waals surface area contributed by atoms with E-state index in [9.17, 15) is 23.5 Å². The summed E-state index contributed by atoms with van der Waals surface area (Å²) in [5.74, 6) is -4.30. The standard InChI is InChI=1S/C19H15F3N4O3.ClH/c20-9-1-2-14(24-6-9)26-8-12(19(28)29)18(27)11-5-13(21)17(15(22)16(11)26)25-4-3-10(23)7-25;/h1-2,5-6,8,10H,3-4,7,23H2,(H,28,29);1H. The summed E-state index contributed by atoms with van der Waals surface area (Å²) >= 11 is 0. The van der Waals surface area contributed by atoms with Crippen LogP contribution in [0.3, 0.4) is 0 Å². The summed E-state index contributed by atoms with van der Waals surface area (Å²) < 4.78 is 44.6. The van der Waals surface area contributed by atoms with E-state index in [4.69, 9.17) is 5.73 Å². The van der Waals surface area contributed by atoms with Gasteiger partial charge >= 0.3 is 5.97 Å². The Labute approximate surface area is 174 Å². The Bertz CT molecular complexity index is 1200. The van der Waals surface area contributed by atoms with Gasteiger partial charge in [-0.3, -0.25) is 9.36 Å². The number of carboxylic acids is 1. The number of benzene rings is 1. The Morgan fingerprint density at radius 1 is 1.27 bits per heavy atom. The zero-order valence-electron chi connectivity index (χ0n) is 15.3. The second-order valence-electron chi connectivity index (χ2n) is 6.79. The predicted octanol–water partition coefficient (Wildman–Crippen LogP) is 2.46. The number of halogens is 4. The molecule has 1 aliphatic rings. The van der Waals surface area contributed by atoms with Gasteiger partial charge < -0.3 is 15.7 Å². The van der Waals surface area contributed by atoms with E-state index in [1.54, 1.807) is 0 Å². The van der Waals surface area contributed by atoms with Crippen molar-refractivity contribution in [3.05, 3.63) is 63.8 Å². The van der Waals surface area contributed by atoms with Crippen LogP contribution in [0.15, 0.2) is 35.4 Å². The molecule has 3 heterocycles. The zero-order valence-corrected chi connectivity index (χ0v) is 16.1. The van der Waals surface area contributed by atoms with Crippen molar-refractivity contribution in [3.63, 3.8) is 0 Å². The van der Waals surface area contributed by atoms with Crippen molar-refractivity contribution in [2.24, 2.45) is 5.73 Å². The molecule has 3 aromatic rings. The van der Waals surface area contributed by atoms with E-state index in [1.165, 1.54) is 11.0 Å². The van der Waals surface area contributed by atoms with Gasteiger partial charge in [-0.15, -0.1) is 12.4 Å². The van der Waals surface area contributed by atoms with Gasteiger partial charge in [0.15, 0.2) is 5.82 Å². The van der Waals surface area contributed by atoms with Gasteiger partial charge in [-0.1, -0.05) is 0 Å². The molecule has 0 bridgehead atoms. The maximum absolute atomic E-state index is 15.5. The molecule has 30 heavy (non-hydrogen) atoms. The molecule has 1 atom stereocenters. The van der Waals surface area contributed by atoms with Crippen LogP contribution in [0.5, 0.6) is 0 Å². The highest BCUT2D eigenvalue weighted by atomic mass is 35.5. The van der Waals surface area contributed by atoms with Gasteiger partial charge in [0, 0.05) is 25.3 Å². The van der Waals surface area contributed by atoms with E-state index in [-0.39, 0.29) is 42.0 Å². The smallest absolute Gasteiger partial charge is 0.341 e. The largest absolute Gasteiger partial charge is 0.477 e. The van der Waals surface area contributed by atoms with Crippen LogP contribution in [0.4, 0.5) is 18.9 Å². The first-order valence-electron chi connectivity index (χ1n) is 8.71. The average molecular weight is 441 g/mol. The molecule has 0 radical (unpaired) electrons. The summed E-state index contributed by atoms with van der Waals surface area (Å²) in [5.41, 5.74) is 3.40. The predicted molar refractivity (Wildman–Crippen MR) is 106 cm³/mol. The third kappa shape index (κ3) is 3.48. The van der Waals surface area contributed by atoms with Crippen LogP contribution in [0, 0.1) is 17.5 Å². The van der Waals surface area contributed by atoms with E-state index in [0.717, 1.165) is 29.1 Å². The van der Waals surface area contributed by atoms with E-state index in [0.29, 0.717) is 13.0 Å². The van der Waals surface area contributed by atoms with E-state index >= 15 is 4.39 Å². The van der Waals surface area contributed by atoms with Gasteiger partial charge in [-0.2, -0.15) is 0 Å². The summed E-state index contributed by atoms with van der Waals surface area (Å²) in [6.45, 7) is 0.554. The molecule has 0 aliphatic carbocycles. The first kappa shape index (κ1) is 21.6. The third-order valence-electron chi connectivity index (χ3n) is 4.89. The van der Waals surface area contributed by atoms with Crippen molar-refractivity contribution in [2.75, 3.05) is 18.0 Å². The van der Waals surface area contributed by atoms with Gasteiger partial charge in [-0.05, 0) is 24.6 Å². The number of hydrogen-bond acceptors (Lipinski definition) is 5. The van der Waals surface area contributed by atoms with E-state index < -0.39 is 39.8 Å². The summed E-state index contributed by atoms with van der Waals surface area (Å²) in [6.07, 6.45) is 2.30. The molecule has 1 saturated heterocycles. The van der Waals surface area contributed by atoms with Gasteiger partial charge in [0.25, 0.3) is 0 Å². The lowest BCUT2D eigenvalue weighted by atomic mass is 10.1. The van der Waals surface area contributed by atoms with Crippen LogP contribution in [0.25, 0.3) is 16.7 Å². The summed E-state index contributed by atoms with van der Waals surface area (Å²) in [7, 11) is 0. The monoisotopic (exact) mass is 440 g/mol. The lowest BCUT2D eigenvalue weighted by molar-refractivity contribution is 0.0695. The SMILES string of the molecule is Cl.NC1CCN(c2c(F)cc3c(=O)c(C(=O)O)cn(-c4ccc(F)cn4)c3c2F)C1. The first-order valence-corrected chi connectivity index (χ1v) is 8.71. The molecule has 11 heteroatoms. The molecule has 3 N–H and O–H groups in total. The van der Waals surface area contributed by atoms with E-state index in [1.807, 2.05) is 0 Å². The number of hydrogen-bond donors (Lipinski definition) is 2. The normalized spacial score (nSPS) is 16.0. The Kier molecular flexibility index (Phi) is 5.73. The fourth-order valence-electron chi connectivity index (χ4n) is 3.53. The van der Waals surface area contributed by atoms with Crippen molar-refractivity contribution in [1.82, 2.24) is 9.55 Å². The number of nitrogens with two attached hydrogens (primary N) is 1.